The highest BCUT2D eigenvalue weighted by molar-refractivity contribution is 7.07. The van der Waals surface area contributed by atoms with E-state index in [1.807, 2.05) is 0 Å². The fourth-order valence-electron chi connectivity index (χ4n) is 3.87. The standard InChI is InChI=1S/C24H29N3OS/c1-5-27(4)12-11-19-13-17(3)22(14-16(19)2)28-24-25-23(26-29-24)21-10-9-18-7-6-8-20(18)15-21/h9-10,13-15H,5-8,11-12H2,1-4H3. The van der Waals surface area contributed by atoms with Crippen LogP contribution in [-0.4, -0.2) is 34.4 Å². The zero-order valence-corrected chi connectivity index (χ0v) is 18.6. The maximum absolute atomic E-state index is 6.12. The smallest absolute Gasteiger partial charge is 0.299 e. The molecule has 0 saturated carbocycles. The van der Waals surface area contributed by atoms with Gasteiger partial charge in [0, 0.05) is 23.6 Å². The van der Waals surface area contributed by atoms with Gasteiger partial charge in [-0.15, -0.1) is 0 Å². The number of ether oxygens (including phenoxy) is 1. The SMILES string of the molecule is CCN(C)CCc1cc(C)c(Oc2nc(-c3ccc4c(c3)CCC4)ns2)cc1C. The first-order chi connectivity index (χ1) is 14.0. The number of fused-ring (bicyclic) bond motifs is 1. The minimum absolute atomic E-state index is 0.599. The number of nitrogens with zero attached hydrogens (tertiary/aromatic N) is 3. The molecule has 0 fully saturated rings. The highest BCUT2D eigenvalue weighted by Crippen LogP contribution is 2.32. The van der Waals surface area contributed by atoms with Crippen LogP contribution in [0, 0.1) is 13.8 Å². The van der Waals surface area contributed by atoms with Gasteiger partial charge in [0.15, 0.2) is 5.82 Å². The van der Waals surface area contributed by atoms with Crippen LogP contribution in [0.5, 0.6) is 10.9 Å². The van der Waals surface area contributed by atoms with E-state index in [9.17, 15) is 0 Å². The van der Waals surface area contributed by atoms with E-state index in [-0.39, 0.29) is 0 Å². The van der Waals surface area contributed by atoms with Crippen LogP contribution < -0.4 is 4.74 Å². The second-order valence-electron chi connectivity index (χ2n) is 8.01. The van der Waals surface area contributed by atoms with Gasteiger partial charge in [-0.25, -0.2) is 0 Å². The van der Waals surface area contributed by atoms with Crippen LogP contribution in [0.25, 0.3) is 11.4 Å². The van der Waals surface area contributed by atoms with Crippen LogP contribution in [0.3, 0.4) is 0 Å². The molecule has 0 saturated heterocycles. The molecule has 1 aliphatic carbocycles. The number of aryl methyl sites for hydroxylation is 4. The van der Waals surface area contributed by atoms with Gasteiger partial charge in [-0.2, -0.15) is 9.36 Å². The molecular formula is C24H29N3OS. The molecule has 29 heavy (non-hydrogen) atoms. The average Bonchev–Trinajstić information content (AvgIpc) is 3.37. The molecule has 0 bridgehead atoms. The summed E-state index contributed by atoms with van der Waals surface area (Å²) in [6.45, 7) is 8.59. The Morgan fingerprint density at radius 3 is 2.72 bits per heavy atom. The first-order valence-corrected chi connectivity index (χ1v) is 11.2. The van der Waals surface area contributed by atoms with Crippen molar-refractivity contribution in [3.05, 3.63) is 58.1 Å². The Balaban J connectivity index is 1.49. The first-order valence-electron chi connectivity index (χ1n) is 10.5. The van der Waals surface area contributed by atoms with Crippen molar-refractivity contribution < 1.29 is 4.74 Å². The van der Waals surface area contributed by atoms with Gasteiger partial charge in [-0.05, 0) is 93.1 Å². The van der Waals surface area contributed by atoms with Crippen molar-refractivity contribution >= 4 is 11.5 Å². The van der Waals surface area contributed by atoms with Crippen molar-refractivity contribution in [2.75, 3.05) is 20.1 Å². The maximum Gasteiger partial charge on any atom is 0.299 e. The topological polar surface area (TPSA) is 38.2 Å². The lowest BCUT2D eigenvalue weighted by molar-refractivity contribution is 0.357. The Morgan fingerprint density at radius 1 is 1.07 bits per heavy atom. The van der Waals surface area contributed by atoms with Crippen LogP contribution in [0.4, 0.5) is 0 Å². The van der Waals surface area contributed by atoms with E-state index in [1.165, 1.54) is 46.6 Å². The summed E-state index contributed by atoms with van der Waals surface area (Å²) in [7, 11) is 2.16. The van der Waals surface area contributed by atoms with Gasteiger partial charge in [0.05, 0.1) is 0 Å². The zero-order chi connectivity index (χ0) is 20.4. The third-order valence-electron chi connectivity index (χ3n) is 5.90. The summed E-state index contributed by atoms with van der Waals surface area (Å²) < 4.78 is 10.7. The molecule has 4 rings (SSSR count). The molecule has 152 valence electrons. The fourth-order valence-corrected chi connectivity index (χ4v) is 4.44. The molecule has 0 radical (unpaired) electrons. The quantitative estimate of drug-likeness (QED) is 0.511. The number of likely N-dealkylation sites (N-methyl/N-ethyl adjacent to an activating group) is 1. The molecule has 1 aliphatic rings. The predicted octanol–water partition coefficient (Wildman–Crippen LogP) is 5.60. The summed E-state index contributed by atoms with van der Waals surface area (Å²) >= 11 is 1.32. The number of rotatable bonds is 7. The molecule has 0 aliphatic heterocycles. The van der Waals surface area contributed by atoms with E-state index in [0.29, 0.717) is 5.19 Å². The fraction of sp³-hybridized carbons (Fsp3) is 0.417. The van der Waals surface area contributed by atoms with E-state index in [4.69, 9.17) is 4.74 Å². The molecular weight excluding hydrogens is 378 g/mol. The molecule has 1 heterocycles. The Labute approximate surface area is 177 Å². The first kappa shape index (κ1) is 20.0. The molecule has 1 aromatic heterocycles. The van der Waals surface area contributed by atoms with Gasteiger partial charge in [0.2, 0.25) is 0 Å². The van der Waals surface area contributed by atoms with Crippen molar-refractivity contribution in [3.63, 3.8) is 0 Å². The Bertz CT molecular complexity index is 1010. The van der Waals surface area contributed by atoms with Crippen LogP contribution >= 0.6 is 11.5 Å². The van der Waals surface area contributed by atoms with E-state index in [0.717, 1.165) is 48.6 Å². The van der Waals surface area contributed by atoms with Crippen molar-refractivity contribution in [2.24, 2.45) is 0 Å². The largest absolute Gasteiger partial charge is 0.430 e. The van der Waals surface area contributed by atoms with Gasteiger partial charge in [0.25, 0.3) is 5.19 Å². The van der Waals surface area contributed by atoms with Gasteiger partial charge in [-0.1, -0.05) is 25.1 Å². The van der Waals surface area contributed by atoms with Gasteiger partial charge >= 0.3 is 0 Å². The minimum Gasteiger partial charge on any atom is -0.430 e. The summed E-state index contributed by atoms with van der Waals surface area (Å²) in [5, 5.41) is 0.599. The maximum atomic E-state index is 6.12. The number of benzene rings is 2. The van der Waals surface area contributed by atoms with E-state index < -0.39 is 0 Å². The molecule has 0 N–H and O–H groups in total. The van der Waals surface area contributed by atoms with Crippen molar-refractivity contribution in [3.8, 4) is 22.3 Å². The van der Waals surface area contributed by atoms with Crippen molar-refractivity contribution in [1.29, 1.82) is 0 Å². The highest BCUT2D eigenvalue weighted by Gasteiger charge is 2.15. The lowest BCUT2D eigenvalue weighted by Crippen LogP contribution is -2.20. The lowest BCUT2D eigenvalue weighted by atomic mass is 10.0. The zero-order valence-electron chi connectivity index (χ0n) is 17.8. The number of aromatic nitrogens is 2. The Hall–Kier alpha value is -2.24. The van der Waals surface area contributed by atoms with Crippen LogP contribution in [0.2, 0.25) is 0 Å². The molecule has 0 atom stereocenters. The third kappa shape index (κ3) is 4.51. The molecule has 0 unspecified atom stereocenters. The number of hydrogen-bond donors (Lipinski definition) is 0. The average molecular weight is 408 g/mol. The highest BCUT2D eigenvalue weighted by atomic mass is 32.1. The molecule has 0 spiro atoms. The van der Waals surface area contributed by atoms with Gasteiger partial charge in [0.1, 0.15) is 5.75 Å². The van der Waals surface area contributed by atoms with Crippen molar-refractivity contribution in [2.45, 2.75) is 46.5 Å². The Kier molecular flexibility index (Phi) is 5.97. The van der Waals surface area contributed by atoms with Crippen LogP contribution in [-0.2, 0) is 19.3 Å². The van der Waals surface area contributed by atoms with Gasteiger partial charge < -0.3 is 9.64 Å². The summed E-state index contributed by atoms with van der Waals surface area (Å²) in [6.07, 6.45) is 4.66. The van der Waals surface area contributed by atoms with E-state index in [1.54, 1.807) is 0 Å². The monoisotopic (exact) mass is 407 g/mol. The summed E-state index contributed by atoms with van der Waals surface area (Å²) in [6, 6.07) is 11.0. The van der Waals surface area contributed by atoms with Crippen LogP contribution in [0.15, 0.2) is 30.3 Å². The summed E-state index contributed by atoms with van der Waals surface area (Å²) in [5.74, 6) is 1.63. The second-order valence-corrected chi connectivity index (χ2v) is 8.73. The number of hydrogen-bond acceptors (Lipinski definition) is 5. The Morgan fingerprint density at radius 2 is 1.90 bits per heavy atom. The normalized spacial score (nSPS) is 13.1. The molecule has 4 nitrogen and oxygen atoms in total. The van der Waals surface area contributed by atoms with E-state index in [2.05, 4.69) is 72.4 Å². The lowest BCUT2D eigenvalue weighted by Gasteiger charge is -2.16. The molecule has 0 amide bonds. The summed E-state index contributed by atoms with van der Waals surface area (Å²) in [5.41, 5.74) is 7.77. The van der Waals surface area contributed by atoms with Crippen molar-refractivity contribution in [1.82, 2.24) is 14.3 Å². The third-order valence-corrected chi connectivity index (χ3v) is 6.49. The predicted molar refractivity (Wildman–Crippen MR) is 120 cm³/mol. The summed E-state index contributed by atoms with van der Waals surface area (Å²) in [4.78, 5) is 6.98. The minimum atomic E-state index is 0.599. The van der Waals surface area contributed by atoms with E-state index >= 15 is 0 Å². The second kappa shape index (κ2) is 8.64. The molecule has 2 aromatic carbocycles. The molecule has 5 heteroatoms. The van der Waals surface area contributed by atoms with Gasteiger partial charge in [-0.3, -0.25) is 0 Å². The van der Waals surface area contributed by atoms with Crippen LogP contribution in [0.1, 0.15) is 41.2 Å². The molecule has 3 aromatic rings.